The number of carbonyl (C=O) groups excluding carboxylic acids is 1. The minimum Gasteiger partial charge on any atom is -0.311 e. The summed E-state index contributed by atoms with van der Waals surface area (Å²) in [6.45, 7) is 4.10. The number of carbonyl (C=O) groups is 1. The molecule has 110 valence electrons. The second kappa shape index (κ2) is 6.04. The van der Waals surface area contributed by atoms with Gasteiger partial charge in [0.05, 0.1) is 5.56 Å². The van der Waals surface area contributed by atoms with Crippen molar-refractivity contribution < 1.29 is 13.6 Å². The molecule has 2 nitrogen and oxygen atoms in total. The van der Waals surface area contributed by atoms with Gasteiger partial charge in [-0.25, -0.2) is 8.78 Å². The second-order valence-corrected chi connectivity index (χ2v) is 5.22. The molecule has 2 aromatic carbocycles. The monoisotopic (exact) mass is 289 g/mol. The van der Waals surface area contributed by atoms with Crippen molar-refractivity contribution in [3.05, 3.63) is 65.2 Å². The number of nitrogens with zero attached hydrogens (tertiary/aromatic N) is 1. The van der Waals surface area contributed by atoms with Gasteiger partial charge in [-0.2, -0.15) is 0 Å². The molecule has 4 heteroatoms. The standard InChI is InChI=1S/C17H17F2NO/c1-11(2)12-6-4-7-13(10-12)20(3)17(21)14-8-5-9-15(18)16(14)19/h4-11H,1-3H3. The molecular weight excluding hydrogens is 272 g/mol. The lowest BCUT2D eigenvalue weighted by atomic mass is 10.0. The lowest BCUT2D eigenvalue weighted by molar-refractivity contribution is 0.0988. The van der Waals surface area contributed by atoms with E-state index in [9.17, 15) is 13.6 Å². The van der Waals surface area contributed by atoms with Crippen LogP contribution in [0.5, 0.6) is 0 Å². The molecule has 0 heterocycles. The summed E-state index contributed by atoms with van der Waals surface area (Å²) in [4.78, 5) is 13.6. The third kappa shape index (κ3) is 3.10. The lowest BCUT2D eigenvalue weighted by Crippen LogP contribution is -2.27. The summed E-state index contributed by atoms with van der Waals surface area (Å²) in [6, 6.07) is 11.0. The van der Waals surface area contributed by atoms with Crippen molar-refractivity contribution in [1.29, 1.82) is 0 Å². The first kappa shape index (κ1) is 15.2. The van der Waals surface area contributed by atoms with E-state index < -0.39 is 17.5 Å². The zero-order valence-electron chi connectivity index (χ0n) is 12.2. The highest BCUT2D eigenvalue weighted by Gasteiger charge is 2.20. The van der Waals surface area contributed by atoms with Crippen LogP contribution in [-0.2, 0) is 0 Å². The Morgan fingerprint density at radius 2 is 1.76 bits per heavy atom. The third-order valence-corrected chi connectivity index (χ3v) is 3.41. The highest BCUT2D eigenvalue weighted by Crippen LogP contribution is 2.23. The van der Waals surface area contributed by atoms with Gasteiger partial charge in [0.25, 0.3) is 5.91 Å². The van der Waals surface area contributed by atoms with Crippen molar-refractivity contribution in [2.45, 2.75) is 19.8 Å². The van der Waals surface area contributed by atoms with Gasteiger partial charge in [0.2, 0.25) is 0 Å². The Kier molecular flexibility index (Phi) is 4.36. The minimum atomic E-state index is -1.12. The smallest absolute Gasteiger partial charge is 0.261 e. The van der Waals surface area contributed by atoms with Gasteiger partial charge >= 0.3 is 0 Å². The predicted octanol–water partition coefficient (Wildman–Crippen LogP) is 4.36. The van der Waals surface area contributed by atoms with E-state index >= 15 is 0 Å². The first-order valence-corrected chi connectivity index (χ1v) is 6.74. The number of hydrogen-bond acceptors (Lipinski definition) is 1. The van der Waals surface area contributed by atoms with E-state index in [2.05, 4.69) is 0 Å². The highest BCUT2D eigenvalue weighted by molar-refractivity contribution is 6.05. The summed E-state index contributed by atoms with van der Waals surface area (Å²) in [5.74, 6) is -2.40. The predicted molar refractivity (Wildman–Crippen MR) is 79.6 cm³/mol. The molecule has 0 N–H and O–H groups in total. The fraction of sp³-hybridized carbons (Fsp3) is 0.235. The number of benzene rings is 2. The Labute approximate surface area is 123 Å². The Morgan fingerprint density at radius 1 is 1.10 bits per heavy atom. The molecule has 0 fully saturated rings. The fourth-order valence-corrected chi connectivity index (χ4v) is 2.06. The fourth-order valence-electron chi connectivity index (χ4n) is 2.06. The molecule has 0 spiro atoms. The Bertz CT molecular complexity index is 668. The number of rotatable bonds is 3. The van der Waals surface area contributed by atoms with Crippen LogP contribution in [0, 0.1) is 11.6 Å². The molecule has 21 heavy (non-hydrogen) atoms. The zero-order chi connectivity index (χ0) is 15.6. The van der Waals surface area contributed by atoms with Gasteiger partial charge in [-0.15, -0.1) is 0 Å². The largest absolute Gasteiger partial charge is 0.311 e. The summed E-state index contributed by atoms with van der Waals surface area (Å²) in [6.07, 6.45) is 0. The maximum Gasteiger partial charge on any atom is 0.261 e. The molecule has 0 aliphatic rings. The van der Waals surface area contributed by atoms with Crippen LogP contribution >= 0.6 is 0 Å². The van der Waals surface area contributed by atoms with Crippen molar-refractivity contribution >= 4 is 11.6 Å². The quantitative estimate of drug-likeness (QED) is 0.822. The van der Waals surface area contributed by atoms with Crippen LogP contribution in [-0.4, -0.2) is 13.0 Å². The maximum absolute atomic E-state index is 13.7. The van der Waals surface area contributed by atoms with Gasteiger partial charge < -0.3 is 4.90 Å². The van der Waals surface area contributed by atoms with E-state index in [0.29, 0.717) is 11.6 Å². The van der Waals surface area contributed by atoms with E-state index in [0.717, 1.165) is 11.6 Å². The molecule has 2 aromatic rings. The van der Waals surface area contributed by atoms with E-state index in [1.54, 1.807) is 13.1 Å². The third-order valence-electron chi connectivity index (χ3n) is 3.41. The van der Waals surface area contributed by atoms with Gasteiger partial charge in [0.1, 0.15) is 0 Å². The minimum absolute atomic E-state index is 0.271. The number of hydrogen-bond donors (Lipinski definition) is 0. The van der Waals surface area contributed by atoms with E-state index in [1.165, 1.54) is 17.0 Å². The first-order chi connectivity index (χ1) is 9.91. The average molecular weight is 289 g/mol. The Morgan fingerprint density at radius 3 is 2.43 bits per heavy atom. The van der Waals surface area contributed by atoms with Gasteiger partial charge in [0, 0.05) is 12.7 Å². The van der Waals surface area contributed by atoms with Crippen molar-refractivity contribution in [2.24, 2.45) is 0 Å². The topological polar surface area (TPSA) is 20.3 Å². The molecule has 0 bridgehead atoms. The summed E-state index contributed by atoms with van der Waals surface area (Å²) in [5.41, 5.74) is 1.45. The summed E-state index contributed by atoms with van der Waals surface area (Å²) in [7, 11) is 1.55. The van der Waals surface area contributed by atoms with Crippen LogP contribution in [0.4, 0.5) is 14.5 Å². The molecule has 0 aliphatic carbocycles. The van der Waals surface area contributed by atoms with Crippen molar-refractivity contribution in [3.8, 4) is 0 Å². The SMILES string of the molecule is CC(C)c1cccc(N(C)C(=O)c2cccc(F)c2F)c1. The zero-order valence-corrected chi connectivity index (χ0v) is 12.2. The number of amides is 1. The van der Waals surface area contributed by atoms with E-state index in [-0.39, 0.29) is 5.56 Å². The average Bonchev–Trinajstić information content (AvgIpc) is 2.48. The summed E-state index contributed by atoms with van der Waals surface area (Å²) >= 11 is 0. The Hall–Kier alpha value is -2.23. The lowest BCUT2D eigenvalue weighted by Gasteiger charge is -2.19. The Balaban J connectivity index is 2.35. The summed E-state index contributed by atoms with van der Waals surface area (Å²) < 4.78 is 26.9. The number of halogens is 2. The van der Waals surface area contributed by atoms with Crippen LogP contribution in [0.1, 0.15) is 35.7 Å². The maximum atomic E-state index is 13.7. The normalized spacial score (nSPS) is 10.8. The molecule has 0 saturated heterocycles. The molecule has 0 radical (unpaired) electrons. The van der Waals surface area contributed by atoms with Crippen molar-refractivity contribution in [1.82, 2.24) is 0 Å². The molecule has 0 saturated carbocycles. The van der Waals surface area contributed by atoms with Crippen LogP contribution in [0.15, 0.2) is 42.5 Å². The van der Waals surface area contributed by atoms with Crippen LogP contribution in [0.25, 0.3) is 0 Å². The van der Waals surface area contributed by atoms with Gasteiger partial charge in [-0.3, -0.25) is 4.79 Å². The second-order valence-electron chi connectivity index (χ2n) is 5.22. The molecule has 0 unspecified atom stereocenters. The molecule has 1 amide bonds. The van der Waals surface area contributed by atoms with Crippen LogP contribution in [0.3, 0.4) is 0 Å². The van der Waals surface area contributed by atoms with Gasteiger partial charge in [0.15, 0.2) is 11.6 Å². The first-order valence-electron chi connectivity index (χ1n) is 6.74. The van der Waals surface area contributed by atoms with Crippen LogP contribution < -0.4 is 4.90 Å². The molecule has 0 aromatic heterocycles. The van der Waals surface area contributed by atoms with Crippen molar-refractivity contribution in [3.63, 3.8) is 0 Å². The highest BCUT2D eigenvalue weighted by atomic mass is 19.2. The molecule has 0 aliphatic heterocycles. The number of anilines is 1. The van der Waals surface area contributed by atoms with E-state index in [1.807, 2.05) is 32.0 Å². The van der Waals surface area contributed by atoms with E-state index in [4.69, 9.17) is 0 Å². The molecule has 2 rings (SSSR count). The van der Waals surface area contributed by atoms with Gasteiger partial charge in [-0.05, 0) is 35.7 Å². The summed E-state index contributed by atoms with van der Waals surface area (Å²) in [5, 5.41) is 0. The van der Waals surface area contributed by atoms with Gasteiger partial charge in [-0.1, -0.05) is 32.0 Å². The van der Waals surface area contributed by atoms with Crippen LogP contribution in [0.2, 0.25) is 0 Å². The van der Waals surface area contributed by atoms with Crippen molar-refractivity contribution in [2.75, 3.05) is 11.9 Å². The molecule has 0 atom stereocenters. The molecular formula is C17H17F2NO.